The lowest BCUT2D eigenvalue weighted by Crippen LogP contribution is -2.51. The van der Waals surface area contributed by atoms with Crippen LogP contribution in [0.1, 0.15) is 30.6 Å². The van der Waals surface area contributed by atoms with Crippen LogP contribution in [-0.4, -0.2) is 15.0 Å². The van der Waals surface area contributed by atoms with Crippen LogP contribution < -0.4 is 5.32 Å². The summed E-state index contributed by atoms with van der Waals surface area (Å²) in [6.45, 7) is 0.908. The lowest BCUT2D eigenvalue weighted by Gasteiger charge is -2.44. The molecule has 6 heteroatoms. The maximum Gasteiger partial charge on any atom is 0.206 e. The lowest BCUT2D eigenvalue weighted by atomic mass is 9.71. The Balaban J connectivity index is 1.65. The zero-order chi connectivity index (χ0) is 17.9. The van der Waals surface area contributed by atoms with Gasteiger partial charge in [0.2, 0.25) is 9.84 Å². The summed E-state index contributed by atoms with van der Waals surface area (Å²) in [6.07, 6.45) is 4.14. The molecule has 3 aromatic rings. The summed E-state index contributed by atoms with van der Waals surface area (Å²) in [7, 11) is -3.79. The minimum atomic E-state index is -3.79. The molecule has 1 fully saturated rings. The Labute approximate surface area is 150 Å². The molecule has 0 radical (unpaired) electrons. The molecule has 2 heterocycles. The third kappa shape index (κ3) is 2.18. The number of sulfone groups is 1. The van der Waals surface area contributed by atoms with E-state index in [1.807, 2.05) is 6.07 Å². The first-order chi connectivity index (χ1) is 12.5. The highest BCUT2D eigenvalue weighted by Crippen LogP contribution is 2.47. The summed E-state index contributed by atoms with van der Waals surface area (Å²) in [4.78, 5) is 0.0719. The Morgan fingerprint density at radius 1 is 1.08 bits per heavy atom. The first-order valence-corrected chi connectivity index (χ1v) is 10.3. The lowest BCUT2D eigenvalue weighted by molar-refractivity contribution is 0.143. The van der Waals surface area contributed by atoms with E-state index in [9.17, 15) is 12.8 Å². The highest BCUT2D eigenvalue weighted by Gasteiger charge is 2.45. The van der Waals surface area contributed by atoms with E-state index in [0.717, 1.165) is 43.0 Å². The van der Waals surface area contributed by atoms with Gasteiger partial charge in [0.15, 0.2) is 0 Å². The molecule has 2 aliphatic rings. The largest absolute Gasteiger partial charge is 0.459 e. The zero-order valence-corrected chi connectivity index (χ0v) is 14.9. The van der Waals surface area contributed by atoms with Gasteiger partial charge in [0.25, 0.3) is 0 Å². The maximum atomic E-state index is 13.5. The molecule has 5 rings (SSSR count). The van der Waals surface area contributed by atoms with Crippen LogP contribution in [0.5, 0.6) is 0 Å². The number of nitrogens with one attached hydrogen (secondary N) is 1. The van der Waals surface area contributed by atoms with Crippen molar-refractivity contribution in [3.63, 3.8) is 0 Å². The van der Waals surface area contributed by atoms with Crippen molar-refractivity contribution in [2.75, 3.05) is 6.54 Å². The van der Waals surface area contributed by atoms with Gasteiger partial charge in [-0.15, -0.1) is 0 Å². The Morgan fingerprint density at radius 2 is 1.88 bits per heavy atom. The molecule has 1 aliphatic carbocycles. The van der Waals surface area contributed by atoms with Gasteiger partial charge in [0.05, 0.1) is 15.3 Å². The molecule has 1 spiro atoms. The van der Waals surface area contributed by atoms with E-state index in [-0.39, 0.29) is 15.3 Å². The molecule has 1 saturated carbocycles. The molecule has 2 aromatic carbocycles. The normalized spacial score (nSPS) is 18.7. The maximum absolute atomic E-state index is 13.5. The molecule has 0 unspecified atom stereocenters. The molecular weight excluding hydrogens is 353 g/mol. The monoisotopic (exact) mass is 371 g/mol. The van der Waals surface area contributed by atoms with Crippen molar-refractivity contribution in [3.8, 4) is 0 Å². The second-order valence-corrected chi connectivity index (χ2v) is 9.09. The SMILES string of the molecule is O=S(=O)(c1cccc(F)c1)c1ccc2c3c(oc2c1)C1(CCC1)NCC3. The smallest absolute Gasteiger partial charge is 0.206 e. The van der Waals surface area contributed by atoms with Crippen molar-refractivity contribution in [2.24, 2.45) is 0 Å². The third-order valence-electron chi connectivity index (χ3n) is 5.66. The number of furan rings is 1. The summed E-state index contributed by atoms with van der Waals surface area (Å²) in [6, 6.07) is 10.1. The number of fused-ring (bicyclic) bond motifs is 4. The second-order valence-electron chi connectivity index (χ2n) is 7.14. The van der Waals surface area contributed by atoms with Crippen LogP contribution in [0.15, 0.2) is 56.7 Å². The van der Waals surface area contributed by atoms with Gasteiger partial charge in [-0.1, -0.05) is 6.07 Å². The van der Waals surface area contributed by atoms with Crippen molar-refractivity contribution in [3.05, 3.63) is 59.6 Å². The average Bonchev–Trinajstić information content (AvgIpc) is 2.98. The van der Waals surface area contributed by atoms with E-state index in [4.69, 9.17) is 4.42 Å². The Morgan fingerprint density at radius 3 is 2.62 bits per heavy atom. The number of benzene rings is 2. The number of halogens is 1. The molecule has 4 nitrogen and oxygen atoms in total. The van der Waals surface area contributed by atoms with Crippen molar-refractivity contribution >= 4 is 20.8 Å². The van der Waals surface area contributed by atoms with E-state index in [1.54, 1.807) is 12.1 Å². The van der Waals surface area contributed by atoms with E-state index >= 15 is 0 Å². The average molecular weight is 371 g/mol. The van der Waals surface area contributed by atoms with E-state index in [0.29, 0.717) is 5.58 Å². The van der Waals surface area contributed by atoms with Crippen molar-refractivity contribution < 1.29 is 17.2 Å². The van der Waals surface area contributed by atoms with Crippen LogP contribution in [-0.2, 0) is 21.8 Å². The van der Waals surface area contributed by atoms with Crippen LogP contribution >= 0.6 is 0 Å². The molecule has 0 atom stereocenters. The quantitative estimate of drug-likeness (QED) is 0.742. The summed E-state index contributed by atoms with van der Waals surface area (Å²) in [5, 5.41) is 4.55. The van der Waals surface area contributed by atoms with Crippen LogP contribution in [0, 0.1) is 5.82 Å². The summed E-state index contributed by atoms with van der Waals surface area (Å²) < 4.78 is 45.3. The highest BCUT2D eigenvalue weighted by atomic mass is 32.2. The molecule has 134 valence electrons. The summed E-state index contributed by atoms with van der Waals surface area (Å²) in [5.41, 5.74) is 1.70. The van der Waals surface area contributed by atoms with Gasteiger partial charge in [-0.3, -0.25) is 0 Å². The minimum absolute atomic E-state index is 0.0506. The molecular formula is C20H18FNO3S. The fraction of sp³-hybridized carbons (Fsp3) is 0.300. The fourth-order valence-corrected chi connectivity index (χ4v) is 5.45. The summed E-state index contributed by atoms with van der Waals surface area (Å²) in [5.74, 6) is 0.393. The standard InChI is InChI=1S/C20H18FNO3S/c21-13-3-1-4-14(11-13)26(23,24)15-5-6-16-17-7-10-22-20(8-2-9-20)19(17)25-18(16)12-15/h1,3-6,11-12,22H,2,7-10H2. The van der Waals surface area contributed by atoms with Gasteiger partial charge in [-0.2, -0.15) is 0 Å². The van der Waals surface area contributed by atoms with Gasteiger partial charge >= 0.3 is 0 Å². The molecule has 26 heavy (non-hydrogen) atoms. The van der Waals surface area contributed by atoms with Crippen molar-refractivity contribution in [1.82, 2.24) is 5.32 Å². The minimum Gasteiger partial charge on any atom is -0.459 e. The van der Waals surface area contributed by atoms with Crippen LogP contribution in [0.2, 0.25) is 0 Å². The number of hydrogen-bond acceptors (Lipinski definition) is 4. The third-order valence-corrected chi connectivity index (χ3v) is 7.41. The van der Waals surface area contributed by atoms with Crippen LogP contribution in [0.25, 0.3) is 11.0 Å². The van der Waals surface area contributed by atoms with Crippen LogP contribution in [0.4, 0.5) is 4.39 Å². The Bertz CT molecular complexity index is 1130. The number of rotatable bonds is 2. The number of hydrogen-bond donors (Lipinski definition) is 1. The van der Waals surface area contributed by atoms with E-state index in [2.05, 4.69) is 5.32 Å². The second kappa shape index (κ2) is 5.41. The van der Waals surface area contributed by atoms with Gasteiger partial charge < -0.3 is 9.73 Å². The van der Waals surface area contributed by atoms with Crippen LogP contribution in [0.3, 0.4) is 0 Å². The van der Waals surface area contributed by atoms with Gasteiger partial charge in [-0.05, 0) is 56.0 Å². The predicted molar refractivity (Wildman–Crippen MR) is 95.3 cm³/mol. The molecule has 1 aliphatic heterocycles. The first-order valence-electron chi connectivity index (χ1n) is 8.81. The topological polar surface area (TPSA) is 59.3 Å². The molecule has 0 bridgehead atoms. The zero-order valence-electron chi connectivity index (χ0n) is 14.1. The van der Waals surface area contributed by atoms with Crippen molar-refractivity contribution in [1.29, 1.82) is 0 Å². The fourth-order valence-electron chi connectivity index (χ4n) is 4.14. The summed E-state index contributed by atoms with van der Waals surface area (Å²) >= 11 is 0. The predicted octanol–water partition coefficient (Wildman–Crippen LogP) is 3.93. The molecule has 1 N–H and O–H groups in total. The first kappa shape index (κ1) is 16.0. The van der Waals surface area contributed by atoms with Gasteiger partial charge in [0.1, 0.15) is 17.2 Å². The van der Waals surface area contributed by atoms with Gasteiger partial charge in [0, 0.05) is 23.6 Å². The van der Waals surface area contributed by atoms with Crippen molar-refractivity contribution in [2.45, 2.75) is 41.0 Å². The van der Waals surface area contributed by atoms with Gasteiger partial charge in [-0.25, -0.2) is 12.8 Å². The Hall–Kier alpha value is -2.18. The van der Waals surface area contributed by atoms with E-state index < -0.39 is 15.7 Å². The highest BCUT2D eigenvalue weighted by molar-refractivity contribution is 7.91. The Kier molecular flexibility index (Phi) is 3.33. The molecule has 0 amide bonds. The van der Waals surface area contributed by atoms with E-state index in [1.165, 1.54) is 30.2 Å². The molecule has 1 aromatic heterocycles. The molecule has 0 saturated heterocycles.